The molecule has 0 aliphatic rings. The molecule has 0 radical (unpaired) electrons. The lowest BCUT2D eigenvalue weighted by atomic mass is 10.0. The minimum atomic E-state index is -0.348. The Morgan fingerprint density at radius 3 is 2.75 bits per heavy atom. The molecule has 2 aromatic rings. The number of benzene rings is 1. The minimum Gasteiger partial charge on any atom is -0.304 e. The van der Waals surface area contributed by atoms with Gasteiger partial charge in [-0.2, -0.15) is 0 Å². The molecular formula is C13H16N4O2S. The number of aryl methyl sites for hydroxylation is 2. The maximum absolute atomic E-state index is 10.9. The van der Waals surface area contributed by atoms with Crippen LogP contribution in [0.1, 0.15) is 34.1 Å². The Morgan fingerprint density at radius 1 is 1.40 bits per heavy atom. The Balaban J connectivity index is 2.07. The highest BCUT2D eigenvalue weighted by molar-refractivity contribution is 7.11. The number of nitrogens with zero attached hydrogens (tertiary/aromatic N) is 3. The van der Waals surface area contributed by atoms with E-state index >= 15 is 0 Å². The summed E-state index contributed by atoms with van der Waals surface area (Å²) in [6.45, 7) is 6.23. The van der Waals surface area contributed by atoms with Crippen LogP contribution in [0.15, 0.2) is 18.2 Å². The SMILES string of the molecule is Cc1nnc(CN[C@@H](C)c2ccc(C)c([N+](=O)[O-])c2)s1. The van der Waals surface area contributed by atoms with E-state index in [4.69, 9.17) is 0 Å². The van der Waals surface area contributed by atoms with E-state index in [1.165, 1.54) is 0 Å². The van der Waals surface area contributed by atoms with E-state index in [0.717, 1.165) is 15.6 Å². The van der Waals surface area contributed by atoms with Crippen molar-refractivity contribution in [3.05, 3.63) is 49.5 Å². The molecule has 0 bridgehead atoms. The zero-order valence-corrected chi connectivity index (χ0v) is 12.4. The van der Waals surface area contributed by atoms with Crippen LogP contribution in [0, 0.1) is 24.0 Å². The van der Waals surface area contributed by atoms with Crippen LogP contribution < -0.4 is 5.32 Å². The molecule has 1 heterocycles. The van der Waals surface area contributed by atoms with E-state index in [9.17, 15) is 10.1 Å². The van der Waals surface area contributed by atoms with Crippen LogP contribution in [-0.2, 0) is 6.54 Å². The van der Waals surface area contributed by atoms with Crippen molar-refractivity contribution in [1.29, 1.82) is 0 Å². The van der Waals surface area contributed by atoms with Crippen molar-refractivity contribution < 1.29 is 4.92 Å². The summed E-state index contributed by atoms with van der Waals surface area (Å²) in [6, 6.07) is 5.32. The zero-order valence-electron chi connectivity index (χ0n) is 11.6. The lowest BCUT2D eigenvalue weighted by Gasteiger charge is -2.13. The van der Waals surface area contributed by atoms with Crippen LogP contribution in [-0.4, -0.2) is 15.1 Å². The first-order valence-electron chi connectivity index (χ1n) is 6.24. The quantitative estimate of drug-likeness (QED) is 0.677. The van der Waals surface area contributed by atoms with Gasteiger partial charge in [0.15, 0.2) is 0 Å². The average molecular weight is 292 g/mol. The molecule has 0 saturated carbocycles. The second kappa shape index (κ2) is 6.06. The molecule has 0 amide bonds. The maximum Gasteiger partial charge on any atom is 0.272 e. The maximum atomic E-state index is 10.9. The van der Waals surface area contributed by atoms with E-state index in [-0.39, 0.29) is 16.7 Å². The summed E-state index contributed by atoms with van der Waals surface area (Å²) in [6.07, 6.45) is 0. The van der Waals surface area contributed by atoms with Gasteiger partial charge in [-0.3, -0.25) is 10.1 Å². The van der Waals surface area contributed by atoms with E-state index in [0.29, 0.717) is 12.1 Å². The summed E-state index contributed by atoms with van der Waals surface area (Å²) in [4.78, 5) is 10.6. The Hall–Kier alpha value is -1.86. The molecule has 20 heavy (non-hydrogen) atoms. The molecule has 0 saturated heterocycles. The van der Waals surface area contributed by atoms with Crippen LogP contribution in [0.4, 0.5) is 5.69 Å². The van der Waals surface area contributed by atoms with E-state index in [2.05, 4.69) is 15.5 Å². The summed E-state index contributed by atoms with van der Waals surface area (Å²) in [7, 11) is 0. The second-order valence-electron chi connectivity index (χ2n) is 4.62. The number of rotatable bonds is 5. The van der Waals surface area contributed by atoms with Crippen LogP contribution in [0.25, 0.3) is 0 Å². The number of hydrogen-bond acceptors (Lipinski definition) is 6. The highest BCUT2D eigenvalue weighted by atomic mass is 32.1. The third kappa shape index (κ3) is 3.37. The number of nitrogens with one attached hydrogen (secondary N) is 1. The second-order valence-corrected chi connectivity index (χ2v) is 5.89. The molecule has 2 rings (SSSR count). The third-order valence-corrected chi connectivity index (χ3v) is 3.90. The number of nitro groups is 1. The van der Waals surface area contributed by atoms with Crippen molar-refractivity contribution in [2.24, 2.45) is 0 Å². The van der Waals surface area contributed by atoms with E-state index < -0.39 is 0 Å². The van der Waals surface area contributed by atoms with Crippen molar-refractivity contribution >= 4 is 17.0 Å². The first kappa shape index (κ1) is 14.5. The monoisotopic (exact) mass is 292 g/mol. The van der Waals surface area contributed by atoms with Crippen LogP contribution in [0.5, 0.6) is 0 Å². The van der Waals surface area contributed by atoms with Crippen molar-refractivity contribution in [3.8, 4) is 0 Å². The van der Waals surface area contributed by atoms with Crippen LogP contribution >= 0.6 is 11.3 Å². The van der Waals surface area contributed by atoms with Gasteiger partial charge in [0.25, 0.3) is 5.69 Å². The van der Waals surface area contributed by atoms with E-state index in [1.807, 2.05) is 19.9 Å². The summed E-state index contributed by atoms with van der Waals surface area (Å²) in [5.74, 6) is 0. The number of nitro benzene ring substituents is 1. The van der Waals surface area contributed by atoms with Gasteiger partial charge >= 0.3 is 0 Å². The van der Waals surface area contributed by atoms with Gasteiger partial charge in [-0.25, -0.2) is 0 Å². The molecule has 1 aromatic carbocycles. The van der Waals surface area contributed by atoms with Gasteiger partial charge < -0.3 is 5.32 Å². The van der Waals surface area contributed by atoms with Gasteiger partial charge in [0.05, 0.1) is 11.5 Å². The molecule has 1 aromatic heterocycles. The lowest BCUT2D eigenvalue weighted by molar-refractivity contribution is -0.385. The fourth-order valence-electron chi connectivity index (χ4n) is 1.86. The normalized spacial score (nSPS) is 12.3. The van der Waals surface area contributed by atoms with Gasteiger partial charge in [0.1, 0.15) is 10.0 Å². The smallest absolute Gasteiger partial charge is 0.272 e. The summed E-state index contributed by atoms with van der Waals surface area (Å²) in [5, 5.41) is 24.1. The van der Waals surface area contributed by atoms with Crippen LogP contribution in [0.2, 0.25) is 0 Å². The van der Waals surface area contributed by atoms with Crippen LogP contribution in [0.3, 0.4) is 0 Å². The van der Waals surface area contributed by atoms with Crippen molar-refractivity contribution in [1.82, 2.24) is 15.5 Å². The van der Waals surface area contributed by atoms with Gasteiger partial charge in [0.2, 0.25) is 0 Å². The first-order valence-corrected chi connectivity index (χ1v) is 7.06. The topological polar surface area (TPSA) is 81.0 Å². The molecule has 7 heteroatoms. The fourth-order valence-corrected chi connectivity index (χ4v) is 2.52. The minimum absolute atomic E-state index is 0.0125. The Labute approximate surface area is 121 Å². The fraction of sp³-hybridized carbons (Fsp3) is 0.385. The summed E-state index contributed by atoms with van der Waals surface area (Å²) >= 11 is 1.54. The summed E-state index contributed by atoms with van der Waals surface area (Å²) in [5.41, 5.74) is 1.72. The highest BCUT2D eigenvalue weighted by Gasteiger charge is 2.14. The van der Waals surface area contributed by atoms with Gasteiger partial charge in [0, 0.05) is 17.7 Å². The Morgan fingerprint density at radius 2 is 2.15 bits per heavy atom. The number of hydrogen-bond donors (Lipinski definition) is 1. The lowest BCUT2D eigenvalue weighted by Crippen LogP contribution is -2.18. The molecule has 0 aliphatic carbocycles. The third-order valence-electron chi connectivity index (χ3n) is 3.06. The number of aromatic nitrogens is 2. The zero-order chi connectivity index (χ0) is 14.7. The molecule has 6 nitrogen and oxygen atoms in total. The molecular weight excluding hydrogens is 276 g/mol. The standard InChI is InChI=1S/C13H16N4O2S/c1-8-4-5-11(6-12(8)17(18)19)9(2)14-7-13-16-15-10(3)20-13/h4-6,9,14H,7H2,1-3H3/t9-/m0/s1. The largest absolute Gasteiger partial charge is 0.304 e. The predicted octanol–water partition coefficient (Wildman–Crippen LogP) is 2.91. The van der Waals surface area contributed by atoms with E-state index in [1.54, 1.807) is 30.4 Å². The van der Waals surface area contributed by atoms with Crippen molar-refractivity contribution in [2.75, 3.05) is 0 Å². The molecule has 0 aliphatic heterocycles. The molecule has 0 spiro atoms. The van der Waals surface area contributed by atoms with Crippen molar-refractivity contribution in [2.45, 2.75) is 33.4 Å². The van der Waals surface area contributed by atoms with Crippen molar-refractivity contribution in [3.63, 3.8) is 0 Å². The summed E-state index contributed by atoms with van der Waals surface area (Å²) < 4.78 is 0. The average Bonchev–Trinajstić information content (AvgIpc) is 2.82. The molecule has 1 atom stereocenters. The highest BCUT2D eigenvalue weighted by Crippen LogP contribution is 2.23. The molecule has 0 unspecified atom stereocenters. The van der Waals surface area contributed by atoms with Gasteiger partial charge in [-0.1, -0.05) is 12.1 Å². The first-order chi connectivity index (χ1) is 9.47. The van der Waals surface area contributed by atoms with Gasteiger partial charge in [-0.15, -0.1) is 21.5 Å². The molecule has 1 N–H and O–H groups in total. The predicted molar refractivity (Wildman–Crippen MR) is 77.7 cm³/mol. The molecule has 0 fully saturated rings. The molecule has 106 valence electrons. The Kier molecular flexibility index (Phi) is 4.41. The Bertz CT molecular complexity index is 627. The van der Waals surface area contributed by atoms with Gasteiger partial charge in [-0.05, 0) is 26.3 Å².